The Morgan fingerprint density at radius 3 is 2.88 bits per heavy atom. The molecule has 0 bridgehead atoms. The Balaban J connectivity index is 1.58. The van der Waals surface area contributed by atoms with Crippen LogP contribution >= 0.6 is 0 Å². The third-order valence-corrected chi connectivity index (χ3v) is 4.11. The molecule has 0 fully saturated rings. The highest BCUT2D eigenvalue weighted by atomic mass is 16.5. The number of para-hydroxylation sites is 1. The van der Waals surface area contributed by atoms with E-state index >= 15 is 0 Å². The molecule has 0 spiro atoms. The molecule has 2 aromatic heterocycles. The Hall–Kier alpha value is -3.41. The second-order valence-electron chi connectivity index (χ2n) is 5.93. The number of nitrogens with zero attached hydrogens (tertiary/aromatic N) is 1. The van der Waals surface area contributed by atoms with Crippen molar-refractivity contribution in [1.29, 1.82) is 0 Å². The van der Waals surface area contributed by atoms with E-state index in [9.17, 15) is 9.59 Å². The molecule has 2 heterocycles. The van der Waals surface area contributed by atoms with E-state index in [0.717, 1.165) is 16.3 Å². The minimum Gasteiger partial charge on any atom is -0.356 e. The topological polar surface area (TPSA) is 88.0 Å². The van der Waals surface area contributed by atoms with Crippen molar-refractivity contribution in [3.05, 3.63) is 70.1 Å². The van der Waals surface area contributed by atoms with Crippen molar-refractivity contribution in [3.8, 4) is 0 Å². The molecule has 2 aromatic carbocycles. The second-order valence-corrected chi connectivity index (χ2v) is 5.93. The van der Waals surface area contributed by atoms with E-state index in [1.54, 1.807) is 12.1 Å². The molecule has 0 unspecified atom stereocenters. The van der Waals surface area contributed by atoms with Crippen molar-refractivity contribution in [2.24, 2.45) is 0 Å². The van der Waals surface area contributed by atoms with E-state index in [1.807, 2.05) is 43.3 Å². The molecule has 0 aliphatic rings. The van der Waals surface area contributed by atoms with Crippen molar-refractivity contribution < 1.29 is 9.32 Å². The number of carbonyl (C=O) groups is 1. The van der Waals surface area contributed by atoms with Crippen LogP contribution in [0, 0.1) is 6.92 Å². The fraction of sp³-hybridized carbons (Fsp3) is 0.105. The van der Waals surface area contributed by atoms with Crippen LogP contribution in [0.5, 0.6) is 0 Å². The average molecular weight is 333 g/mol. The minimum atomic E-state index is -0.201. The lowest BCUT2D eigenvalue weighted by molar-refractivity contribution is -0.115. The highest BCUT2D eigenvalue weighted by molar-refractivity contribution is 5.96. The smallest absolute Gasteiger partial charge is 0.248 e. The van der Waals surface area contributed by atoms with Gasteiger partial charge in [0.25, 0.3) is 0 Å². The summed E-state index contributed by atoms with van der Waals surface area (Å²) >= 11 is 0. The van der Waals surface area contributed by atoms with Gasteiger partial charge in [-0.2, -0.15) is 0 Å². The van der Waals surface area contributed by atoms with E-state index in [-0.39, 0.29) is 17.9 Å². The van der Waals surface area contributed by atoms with Gasteiger partial charge in [0.15, 0.2) is 5.58 Å². The van der Waals surface area contributed by atoms with E-state index in [1.165, 1.54) is 0 Å². The molecule has 0 saturated carbocycles. The third-order valence-electron chi connectivity index (χ3n) is 4.11. The van der Waals surface area contributed by atoms with Crippen LogP contribution in [0.3, 0.4) is 0 Å². The number of aromatic nitrogens is 2. The van der Waals surface area contributed by atoms with Gasteiger partial charge in [0.2, 0.25) is 11.5 Å². The summed E-state index contributed by atoms with van der Waals surface area (Å²) in [5, 5.41) is 8.57. The van der Waals surface area contributed by atoms with E-state index in [0.29, 0.717) is 22.5 Å². The molecule has 0 atom stereocenters. The first-order valence-corrected chi connectivity index (χ1v) is 7.87. The molecular weight excluding hydrogens is 318 g/mol. The summed E-state index contributed by atoms with van der Waals surface area (Å²) in [7, 11) is 0. The van der Waals surface area contributed by atoms with Gasteiger partial charge in [-0.05, 0) is 36.8 Å². The maximum atomic E-state index is 12.3. The SMILES string of the molecule is Cc1cc(=O)[nH]c2cc(NC(=O)Cc3noc4ccccc34)ccc12. The molecule has 0 aliphatic heterocycles. The van der Waals surface area contributed by atoms with Crippen LogP contribution in [0.1, 0.15) is 11.3 Å². The van der Waals surface area contributed by atoms with Crippen LogP contribution in [-0.4, -0.2) is 16.0 Å². The predicted molar refractivity (Wildman–Crippen MR) is 95.6 cm³/mol. The van der Waals surface area contributed by atoms with Gasteiger partial charge in [0.05, 0.1) is 11.9 Å². The summed E-state index contributed by atoms with van der Waals surface area (Å²) in [6.45, 7) is 1.88. The fourth-order valence-electron chi connectivity index (χ4n) is 2.94. The number of fused-ring (bicyclic) bond motifs is 2. The average Bonchev–Trinajstić information content (AvgIpc) is 2.97. The van der Waals surface area contributed by atoms with Gasteiger partial charge in [-0.1, -0.05) is 23.4 Å². The molecule has 1 amide bonds. The zero-order valence-corrected chi connectivity index (χ0v) is 13.5. The number of benzene rings is 2. The summed E-state index contributed by atoms with van der Waals surface area (Å²) in [4.78, 5) is 26.7. The van der Waals surface area contributed by atoms with Gasteiger partial charge in [-0.3, -0.25) is 9.59 Å². The number of hydrogen-bond donors (Lipinski definition) is 2. The Morgan fingerprint density at radius 1 is 1.16 bits per heavy atom. The van der Waals surface area contributed by atoms with Crippen molar-refractivity contribution in [3.63, 3.8) is 0 Å². The van der Waals surface area contributed by atoms with E-state index in [2.05, 4.69) is 15.5 Å². The fourth-order valence-corrected chi connectivity index (χ4v) is 2.94. The summed E-state index contributed by atoms with van der Waals surface area (Å²) in [6, 6.07) is 14.4. The first kappa shape index (κ1) is 15.1. The lowest BCUT2D eigenvalue weighted by Crippen LogP contribution is -2.15. The lowest BCUT2D eigenvalue weighted by atomic mass is 10.1. The Labute approximate surface area is 142 Å². The molecule has 6 nitrogen and oxygen atoms in total. The van der Waals surface area contributed by atoms with Crippen LogP contribution < -0.4 is 10.9 Å². The molecule has 0 aliphatic carbocycles. The largest absolute Gasteiger partial charge is 0.356 e. The van der Waals surface area contributed by atoms with Crippen molar-refractivity contribution in [2.45, 2.75) is 13.3 Å². The van der Waals surface area contributed by atoms with Crippen molar-refractivity contribution in [2.75, 3.05) is 5.32 Å². The van der Waals surface area contributed by atoms with Crippen LogP contribution in [0.2, 0.25) is 0 Å². The monoisotopic (exact) mass is 333 g/mol. The van der Waals surface area contributed by atoms with E-state index < -0.39 is 0 Å². The first-order valence-electron chi connectivity index (χ1n) is 7.87. The Bertz CT molecular complexity index is 1160. The molecule has 0 saturated heterocycles. The number of aromatic amines is 1. The Kier molecular flexibility index (Phi) is 3.57. The van der Waals surface area contributed by atoms with Crippen LogP contribution in [-0.2, 0) is 11.2 Å². The second kappa shape index (κ2) is 5.90. The highest BCUT2D eigenvalue weighted by Gasteiger charge is 2.12. The van der Waals surface area contributed by atoms with Crippen molar-refractivity contribution in [1.82, 2.24) is 10.1 Å². The van der Waals surface area contributed by atoms with Crippen LogP contribution in [0.25, 0.3) is 21.9 Å². The van der Waals surface area contributed by atoms with Gasteiger partial charge in [-0.25, -0.2) is 0 Å². The summed E-state index contributed by atoms with van der Waals surface area (Å²) in [6.07, 6.45) is 0.111. The number of rotatable bonds is 3. The quantitative estimate of drug-likeness (QED) is 0.603. The maximum absolute atomic E-state index is 12.3. The molecule has 0 radical (unpaired) electrons. The molecule has 6 heteroatoms. The zero-order chi connectivity index (χ0) is 17.4. The number of carbonyl (C=O) groups excluding carboxylic acids is 1. The van der Waals surface area contributed by atoms with Gasteiger partial charge in [0.1, 0.15) is 5.69 Å². The standard InChI is InChI=1S/C19H15N3O3/c1-11-8-18(23)21-15-9-12(6-7-13(11)15)20-19(24)10-16-14-4-2-3-5-17(14)25-22-16/h2-9H,10H2,1H3,(H,20,24)(H,21,23). The molecule has 124 valence electrons. The Morgan fingerprint density at radius 2 is 2.00 bits per heavy atom. The predicted octanol–water partition coefficient (Wildman–Crippen LogP) is 3.16. The molecule has 2 N–H and O–H groups in total. The lowest BCUT2D eigenvalue weighted by Gasteiger charge is -2.07. The summed E-state index contributed by atoms with van der Waals surface area (Å²) in [5.41, 5.74) is 3.29. The van der Waals surface area contributed by atoms with Gasteiger partial charge in [-0.15, -0.1) is 0 Å². The number of hydrogen-bond acceptors (Lipinski definition) is 4. The number of anilines is 1. The zero-order valence-electron chi connectivity index (χ0n) is 13.5. The van der Waals surface area contributed by atoms with Crippen LogP contribution in [0.15, 0.2) is 57.8 Å². The van der Waals surface area contributed by atoms with Gasteiger partial charge >= 0.3 is 0 Å². The molecule has 25 heavy (non-hydrogen) atoms. The van der Waals surface area contributed by atoms with Crippen LogP contribution in [0.4, 0.5) is 5.69 Å². The molecular formula is C19H15N3O3. The van der Waals surface area contributed by atoms with Gasteiger partial charge < -0.3 is 14.8 Å². The third kappa shape index (κ3) is 2.89. The number of H-pyrrole nitrogens is 1. The molecule has 4 rings (SSSR count). The summed E-state index contributed by atoms with van der Waals surface area (Å²) < 4.78 is 5.21. The first-order chi connectivity index (χ1) is 12.1. The number of amides is 1. The number of pyridine rings is 1. The normalized spacial score (nSPS) is 11.1. The minimum absolute atomic E-state index is 0.111. The maximum Gasteiger partial charge on any atom is 0.248 e. The van der Waals surface area contributed by atoms with Gasteiger partial charge in [0, 0.05) is 22.5 Å². The highest BCUT2D eigenvalue weighted by Crippen LogP contribution is 2.21. The number of nitrogens with one attached hydrogen (secondary N) is 2. The number of aryl methyl sites for hydroxylation is 1. The van der Waals surface area contributed by atoms with Crippen molar-refractivity contribution >= 4 is 33.5 Å². The summed E-state index contributed by atoms with van der Waals surface area (Å²) in [5.74, 6) is -0.201. The van der Waals surface area contributed by atoms with E-state index in [4.69, 9.17) is 4.52 Å². The molecule has 4 aromatic rings.